The minimum atomic E-state index is -1.03. The van der Waals surface area contributed by atoms with Crippen molar-refractivity contribution in [3.05, 3.63) is 25.7 Å². The molecule has 1 aromatic carbocycles. The third-order valence-electron chi connectivity index (χ3n) is 2.81. The molecular weight excluding hydrogens is 513 g/mol. The third-order valence-corrected chi connectivity index (χ3v) is 5.14. The summed E-state index contributed by atoms with van der Waals surface area (Å²) in [4.78, 5) is 22.3. The van der Waals surface area contributed by atoms with Crippen molar-refractivity contribution < 1.29 is 19.4 Å². The average molecular weight is 526 g/mol. The molecular formula is C14H13BrIN3O4S. The largest absolute Gasteiger partial charge is 0.492 e. The Kier molecular flexibility index (Phi) is 7.04. The number of carbonyl (C=O) groups excluding carboxylic acids is 1. The zero-order valence-corrected chi connectivity index (χ0v) is 17.0. The molecule has 10 heteroatoms. The predicted molar refractivity (Wildman–Crippen MR) is 105 cm³/mol. The molecule has 1 aliphatic heterocycles. The number of carboxylic acids is 1. The molecule has 0 aromatic heterocycles. The van der Waals surface area contributed by atoms with Crippen molar-refractivity contribution in [2.24, 2.45) is 10.2 Å². The highest BCUT2D eigenvalue weighted by Gasteiger charge is 2.32. The van der Waals surface area contributed by atoms with Crippen LogP contribution in [0.1, 0.15) is 18.9 Å². The molecule has 24 heavy (non-hydrogen) atoms. The van der Waals surface area contributed by atoms with Crippen LogP contribution in [0, 0.1) is 3.57 Å². The van der Waals surface area contributed by atoms with Crippen LogP contribution in [-0.2, 0) is 9.59 Å². The van der Waals surface area contributed by atoms with Gasteiger partial charge in [-0.2, -0.15) is 5.10 Å². The Morgan fingerprint density at radius 1 is 1.58 bits per heavy atom. The fourth-order valence-corrected chi connectivity index (χ4v) is 4.48. The molecule has 1 saturated heterocycles. The van der Waals surface area contributed by atoms with Gasteiger partial charge in [0.25, 0.3) is 0 Å². The Hall–Kier alpha value is -1.14. The van der Waals surface area contributed by atoms with Gasteiger partial charge in [0.2, 0.25) is 5.91 Å². The number of nitrogens with zero attached hydrogens (tertiary/aromatic N) is 2. The number of hydrogen-bond acceptors (Lipinski definition) is 6. The van der Waals surface area contributed by atoms with Crippen LogP contribution in [0.4, 0.5) is 0 Å². The van der Waals surface area contributed by atoms with Gasteiger partial charge in [-0.15, -0.1) is 5.10 Å². The highest BCUT2D eigenvalue weighted by Crippen LogP contribution is 2.29. The van der Waals surface area contributed by atoms with Gasteiger partial charge in [-0.25, -0.2) is 0 Å². The van der Waals surface area contributed by atoms with Crippen molar-refractivity contribution in [1.29, 1.82) is 0 Å². The fourth-order valence-electron chi connectivity index (χ4n) is 1.86. The van der Waals surface area contributed by atoms with Gasteiger partial charge in [0.1, 0.15) is 11.0 Å². The lowest BCUT2D eigenvalue weighted by atomic mass is 10.2. The molecule has 1 atom stereocenters. The lowest BCUT2D eigenvalue weighted by molar-refractivity contribution is -0.138. The Morgan fingerprint density at radius 3 is 3.00 bits per heavy atom. The van der Waals surface area contributed by atoms with Crippen molar-refractivity contribution in [2.45, 2.75) is 18.6 Å². The first-order valence-electron chi connectivity index (χ1n) is 6.83. The number of hydrogen-bond donors (Lipinski definition) is 2. The van der Waals surface area contributed by atoms with Gasteiger partial charge in [-0.3, -0.25) is 9.59 Å². The molecule has 1 fully saturated rings. The SMILES string of the molecule is CCOc1c(I)cc(Br)cc1C=NN=C1NC(=O)C(CC(=O)O)S1. The summed E-state index contributed by atoms with van der Waals surface area (Å²) < 4.78 is 7.43. The monoisotopic (exact) mass is 525 g/mol. The molecule has 1 heterocycles. The number of ether oxygens (including phenoxy) is 1. The van der Waals surface area contributed by atoms with E-state index >= 15 is 0 Å². The summed E-state index contributed by atoms with van der Waals surface area (Å²) in [7, 11) is 0. The highest BCUT2D eigenvalue weighted by atomic mass is 127. The van der Waals surface area contributed by atoms with Gasteiger partial charge >= 0.3 is 5.97 Å². The number of carboxylic acid groups (broad SMARTS) is 1. The molecule has 0 radical (unpaired) electrons. The van der Waals surface area contributed by atoms with Gasteiger partial charge in [-0.05, 0) is 41.6 Å². The van der Waals surface area contributed by atoms with Crippen molar-refractivity contribution in [3.63, 3.8) is 0 Å². The van der Waals surface area contributed by atoms with Crippen LogP contribution in [0.15, 0.2) is 26.8 Å². The molecule has 1 aliphatic rings. The number of halogens is 2. The molecule has 1 unspecified atom stereocenters. The number of benzene rings is 1. The van der Waals surface area contributed by atoms with Crippen LogP contribution in [0.5, 0.6) is 5.75 Å². The van der Waals surface area contributed by atoms with E-state index in [-0.39, 0.29) is 17.5 Å². The summed E-state index contributed by atoms with van der Waals surface area (Å²) in [5.41, 5.74) is 0.747. The van der Waals surface area contributed by atoms with E-state index in [1.165, 1.54) is 6.21 Å². The number of amidine groups is 1. The van der Waals surface area contributed by atoms with Gasteiger partial charge in [0.15, 0.2) is 5.17 Å². The molecule has 0 saturated carbocycles. The first kappa shape index (κ1) is 19.2. The lowest BCUT2D eigenvalue weighted by Gasteiger charge is -2.09. The standard InChI is InChI=1S/C14H13BrIN3O4S/c1-2-23-12-7(3-8(15)4-9(12)16)6-17-19-14-18-13(22)10(24-14)5-11(20)21/h3-4,6,10H,2,5H2,1H3,(H,20,21)(H,18,19,22). The smallest absolute Gasteiger partial charge is 0.305 e. The quantitative estimate of drug-likeness (QED) is 0.338. The van der Waals surface area contributed by atoms with E-state index in [9.17, 15) is 9.59 Å². The highest BCUT2D eigenvalue weighted by molar-refractivity contribution is 14.1. The predicted octanol–water partition coefficient (Wildman–Crippen LogP) is 2.85. The minimum Gasteiger partial charge on any atom is -0.492 e. The molecule has 0 bridgehead atoms. The number of nitrogens with one attached hydrogen (secondary N) is 1. The third kappa shape index (κ3) is 5.18. The van der Waals surface area contributed by atoms with E-state index in [0.717, 1.165) is 25.4 Å². The minimum absolute atomic E-state index is 0.252. The second-order valence-corrected chi connectivity index (χ2v) is 7.85. The van der Waals surface area contributed by atoms with Crippen molar-refractivity contribution in [1.82, 2.24) is 5.32 Å². The summed E-state index contributed by atoms with van der Waals surface area (Å²) in [5.74, 6) is -0.696. The molecule has 2 N–H and O–H groups in total. The Balaban J connectivity index is 2.14. The number of thioether (sulfide) groups is 1. The van der Waals surface area contributed by atoms with E-state index in [4.69, 9.17) is 9.84 Å². The zero-order chi connectivity index (χ0) is 17.7. The second kappa shape index (κ2) is 8.81. The topological polar surface area (TPSA) is 100 Å². The van der Waals surface area contributed by atoms with E-state index in [0.29, 0.717) is 12.4 Å². The first-order valence-corrected chi connectivity index (χ1v) is 9.58. The van der Waals surface area contributed by atoms with E-state index < -0.39 is 11.2 Å². The van der Waals surface area contributed by atoms with E-state index in [1.54, 1.807) is 0 Å². The van der Waals surface area contributed by atoms with Crippen LogP contribution >= 0.6 is 50.3 Å². The number of carbonyl (C=O) groups is 2. The summed E-state index contributed by atoms with van der Waals surface area (Å²) >= 11 is 6.65. The maximum absolute atomic E-state index is 11.6. The molecule has 7 nitrogen and oxygen atoms in total. The molecule has 1 amide bonds. The molecule has 0 aliphatic carbocycles. The molecule has 128 valence electrons. The fraction of sp³-hybridized carbons (Fsp3) is 0.286. The van der Waals surface area contributed by atoms with Gasteiger partial charge in [0, 0.05) is 10.0 Å². The number of amides is 1. The second-order valence-electron chi connectivity index (χ2n) is 4.58. The number of rotatable bonds is 6. The summed E-state index contributed by atoms with van der Waals surface area (Å²) in [6.45, 7) is 2.42. The van der Waals surface area contributed by atoms with Crippen LogP contribution in [0.25, 0.3) is 0 Å². The molecule has 1 aromatic rings. The van der Waals surface area contributed by atoms with Crippen molar-refractivity contribution >= 4 is 73.5 Å². The molecule has 0 spiro atoms. The summed E-state index contributed by atoms with van der Waals surface area (Å²) in [5, 5.41) is 18.8. The van der Waals surface area contributed by atoms with Gasteiger partial charge < -0.3 is 15.2 Å². The van der Waals surface area contributed by atoms with Crippen LogP contribution in [0.3, 0.4) is 0 Å². The summed E-state index contributed by atoms with van der Waals surface area (Å²) in [6.07, 6.45) is 1.28. The van der Waals surface area contributed by atoms with Crippen LogP contribution in [0.2, 0.25) is 0 Å². The summed E-state index contributed by atoms with van der Waals surface area (Å²) in [6, 6.07) is 3.78. The Bertz CT molecular complexity index is 726. The number of aliphatic carboxylic acids is 1. The first-order chi connectivity index (χ1) is 11.4. The zero-order valence-electron chi connectivity index (χ0n) is 12.5. The Labute approximate surface area is 164 Å². The molecule has 2 rings (SSSR count). The van der Waals surface area contributed by atoms with Crippen LogP contribution < -0.4 is 10.1 Å². The van der Waals surface area contributed by atoms with Crippen molar-refractivity contribution in [2.75, 3.05) is 6.61 Å². The van der Waals surface area contributed by atoms with Gasteiger partial charge in [-0.1, -0.05) is 27.7 Å². The maximum atomic E-state index is 11.6. The van der Waals surface area contributed by atoms with Crippen molar-refractivity contribution in [3.8, 4) is 5.75 Å². The van der Waals surface area contributed by atoms with E-state index in [1.807, 2.05) is 19.1 Å². The van der Waals surface area contributed by atoms with Crippen LogP contribution in [-0.4, -0.2) is 40.2 Å². The van der Waals surface area contributed by atoms with Gasteiger partial charge in [0.05, 0.1) is 22.8 Å². The normalized spacial score (nSPS) is 19.0. The maximum Gasteiger partial charge on any atom is 0.305 e. The Morgan fingerprint density at radius 2 is 2.33 bits per heavy atom. The van der Waals surface area contributed by atoms with E-state index in [2.05, 4.69) is 54.0 Å². The lowest BCUT2D eigenvalue weighted by Crippen LogP contribution is -2.26. The average Bonchev–Trinajstić information content (AvgIpc) is 2.82.